The van der Waals surface area contributed by atoms with E-state index in [4.69, 9.17) is 9.47 Å². The monoisotopic (exact) mass is 454 g/mol. The van der Waals surface area contributed by atoms with Crippen LogP contribution in [0.3, 0.4) is 0 Å². The Morgan fingerprint density at radius 2 is 1.47 bits per heavy atom. The van der Waals surface area contributed by atoms with Gasteiger partial charge < -0.3 is 14.4 Å². The van der Waals surface area contributed by atoms with Crippen molar-refractivity contribution in [2.45, 2.75) is 11.4 Å². The number of amides is 1. The Morgan fingerprint density at radius 1 is 0.844 bits per heavy atom. The molecule has 0 aromatic heterocycles. The Balaban J connectivity index is 1.78. The molecule has 3 aromatic rings. The summed E-state index contributed by atoms with van der Waals surface area (Å²) in [5, 5.41) is 0. The Hall–Kier alpha value is -3.52. The maximum Gasteiger partial charge on any atom is 0.264 e. The number of carbonyl (C=O) groups is 1. The normalized spacial score (nSPS) is 11.0. The Morgan fingerprint density at radius 3 is 2.06 bits per heavy atom. The molecule has 0 spiro atoms. The lowest BCUT2D eigenvalue weighted by Crippen LogP contribution is -2.27. The smallest absolute Gasteiger partial charge is 0.264 e. The number of rotatable bonds is 8. The first-order chi connectivity index (χ1) is 15.3. The zero-order valence-corrected chi connectivity index (χ0v) is 19.3. The maximum atomic E-state index is 13.1. The van der Waals surface area contributed by atoms with E-state index >= 15 is 0 Å². The van der Waals surface area contributed by atoms with Crippen molar-refractivity contribution < 1.29 is 22.7 Å². The van der Waals surface area contributed by atoms with Crippen LogP contribution in [0.5, 0.6) is 11.5 Å². The molecule has 0 aliphatic carbocycles. The highest BCUT2D eigenvalue weighted by molar-refractivity contribution is 7.92. The van der Waals surface area contributed by atoms with E-state index in [2.05, 4.69) is 0 Å². The third-order valence-corrected chi connectivity index (χ3v) is 6.88. The molecule has 1 amide bonds. The van der Waals surface area contributed by atoms with Crippen molar-refractivity contribution in [3.63, 3.8) is 0 Å². The first-order valence-corrected chi connectivity index (χ1v) is 11.3. The zero-order chi connectivity index (χ0) is 23.3. The molecule has 0 fully saturated rings. The molecule has 0 N–H and O–H groups in total. The van der Waals surface area contributed by atoms with Gasteiger partial charge in [0.2, 0.25) is 0 Å². The van der Waals surface area contributed by atoms with Gasteiger partial charge in [-0.1, -0.05) is 30.3 Å². The van der Waals surface area contributed by atoms with Crippen LogP contribution in [-0.2, 0) is 16.6 Å². The molecule has 0 bridgehead atoms. The number of sulfonamides is 1. The fourth-order valence-electron chi connectivity index (χ4n) is 3.24. The van der Waals surface area contributed by atoms with Crippen LogP contribution in [0.15, 0.2) is 77.7 Å². The highest BCUT2D eigenvalue weighted by Crippen LogP contribution is 2.31. The molecule has 0 saturated heterocycles. The van der Waals surface area contributed by atoms with Gasteiger partial charge in [0.15, 0.2) is 11.5 Å². The first-order valence-electron chi connectivity index (χ1n) is 9.88. The number of nitrogens with zero attached hydrogens (tertiary/aromatic N) is 2. The van der Waals surface area contributed by atoms with Crippen molar-refractivity contribution in [1.29, 1.82) is 0 Å². The Kier molecular flexibility index (Phi) is 7.05. The highest BCUT2D eigenvalue weighted by Gasteiger charge is 2.23. The Labute approximate surface area is 188 Å². The number of carbonyl (C=O) groups excluding carboxylic acids is 1. The van der Waals surface area contributed by atoms with E-state index in [9.17, 15) is 13.2 Å². The Bertz CT molecular complexity index is 1180. The number of hydrogen-bond donors (Lipinski definition) is 0. The molecule has 32 heavy (non-hydrogen) atoms. The van der Waals surface area contributed by atoms with Crippen molar-refractivity contribution in [3.8, 4) is 11.5 Å². The molecule has 3 aromatic carbocycles. The standard InChI is InChI=1S/C24H26N2O5S/c1-25(17-18-8-6-5-7-9-18)24(27)19-10-12-20(13-11-19)26(2)32(28,29)21-14-15-22(30-3)23(16-21)31-4/h5-16H,17H2,1-4H3. The lowest BCUT2D eigenvalue weighted by molar-refractivity contribution is 0.0785. The van der Waals surface area contributed by atoms with Crippen LogP contribution in [0.4, 0.5) is 5.69 Å². The van der Waals surface area contributed by atoms with Crippen LogP contribution in [0.1, 0.15) is 15.9 Å². The van der Waals surface area contributed by atoms with Crippen LogP contribution >= 0.6 is 0 Å². The number of benzene rings is 3. The van der Waals surface area contributed by atoms with Crippen LogP contribution in [-0.4, -0.2) is 47.5 Å². The second-order valence-electron chi connectivity index (χ2n) is 7.18. The summed E-state index contributed by atoms with van der Waals surface area (Å²) in [5.74, 6) is 0.617. The van der Waals surface area contributed by atoms with E-state index in [1.54, 1.807) is 42.3 Å². The van der Waals surface area contributed by atoms with E-state index in [0.717, 1.165) is 9.87 Å². The number of anilines is 1. The summed E-state index contributed by atoms with van der Waals surface area (Å²) in [4.78, 5) is 14.4. The van der Waals surface area contributed by atoms with Crippen molar-refractivity contribution in [3.05, 3.63) is 83.9 Å². The molecule has 0 aliphatic heterocycles. The van der Waals surface area contributed by atoms with Gasteiger partial charge in [0.05, 0.1) is 24.8 Å². The lowest BCUT2D eigenvalue weighted by Gasteiger charge is -2.21. The van der Waals surface area contributed by atoms with E-state index in [1.807, 2.05) is 30.3 Å². The topological polar surface area (TPSA) is 76.2 Å². The lowest BCUT2D eigenvalue weighted by atomic mass is 10.1. The molecule has 0 radical (unpaired) electrons. The van der Waals surface area contributed by atoms with Gasteiger partial charge >= 0.3 is 0 Å². The summed E-state index contributed by atoms with van der Waals surface area (Å²) >= 11 is 0. The van der Waals surface area contributed by atoms with Crippen LogP contribution < -0.4 is 13.8 Å². The minimum Gasteiger partial charge on any atom is -0.493 e. The second kappa shape index (κ2) is 9.74. The van der Waals surface area contributed by atoms with Gasteiger partial charge in [0, 0.05) is 32.3 Å². The van der Waals surface area contributed by atoms with E-state index in [1.165, 1.54) is 33.4 Å². The predicted molar refractivity (Wildman–Crippen MR) is 124 cm³/mol. The van der Waals surface area contributed by atoms with Gasteiger partial charge in [-0.2, -0.15) is 0 Å². The van der Waals surface area contributed by atoms with Crippen LogP contribution in [0.2, 0.25) is 0 Å². The number of methoxy groups -OCH3 is 2. The van der Waals surface area contributed by atoms with Gasteiger partial charge in [-0.05, 0) is 42.0 Å². The summed E-state index contributed by atoms with van der Waals surface area (Å²) < 4.78 is 37.7. The maximum absolute atomic E-state index is 13.1. The van der Waals surface area contributed by atoms with Gasteiger partial charge in [-0.3, -0.25) is 9.10 Å². The van der Waals surface area contributed by atoms with Crippen molar-refractivity contribution in [2.75, 3.05) is 32.6 Å². The van der Waals surface area contributed by atoms with E-state index in [0.29, 0.717) is 29.3 Å². The van der Waals surface area contributed by atoms with E-state index in [-0.39, 0.29) is 10.8 Å². The van der Waals surface area contributed by atoms with Gasteiger partial charge in [0.25, 0.3) is 15.9 Å². The second-order valence-corrected chi connectivity index (χ2v) is 9.15. The van der Waals surface area contributed by atoms with Gasteiger partial charge in [0.1, 0.15) is 0 Å². The molecule has 3 rings (SSSR count). The third-order valence-electron chi connectivity index (χ3n) is 5.10. The van der Waals surface area contributed by atoms with Gasteiger partial charge in [-0.15, -0.1) is 0 Å². The highest BCUT2D eigenvalue weighted by atomic mass is 32.2. The minimum absolute atomic E-state index is 0.0698. The van der Waals surface area contributed by atoms with Crippen molar-refractivity contribution >= 4 is 21.6 Å². The number of ether oxygens (including phenoxy) is 2. The largest absolute Gasteiger partial charge is 0.493 e. The molecule has 0 unspecified atom stereocenters. The van der Waals surface area contributed by atoms with Crippen molar-refractivity contribution in [2.24, 2.45) is 0 Å². The molecule has 0 heterocycles. The fraction of sp³-hybridized carbons (Fsp3) is 0.208. The third kappa shape index (κ3) is 4.86. The SMILES string of the molecule is COc1ccc(S(=O)(=O)N(C)c2ccc(C(=O)N(C)Cc3ccccc3)cc2)cc1OC. The quantitative estimate of drug-likeness (QED) is 0.518. The molecule has 8 heteroatoms. The van der Waals surface area contributed by atoms with Crippen molar-refractivity contribution in [1.82, 2.24) is 4.90 Å². The first kappa shape index (κ1) is 23.1. The predicted octanol–water partition coefficient (Wildman–Crippen LogP) is 3.80. The van der Waals surface area contributed by atoms with E-state index < -0.39 is 10.0 Å². The average molecular weight is 455 g/mol. The minimum atomic E-state index is -3.84. The fourth-order valence-corrected chi connectivity index (χ4v) is 4.45. The average Bonchev–Trinajstić information content (AvgIpc) is 2.83. The summed E-state index contributed by atoms with van der Waals surface area (Å²) in [6.45, 7) is 0.481. The molecular formula is C24H26N2O5S. The summed E-state index contributed by atoms with van der Waals surface area (Å²) in [7, 11) is 2.29. The molecule has 0 atom stereocenters. The van der Waals surface area contributed by atoms with Gasteiger partial charge in [-0.25, -0.2) is 8.42 Å². The van der Waals surface area contributed by atoms with Crippen LogP contribution in [0.25, 0.3) is 0 Å². The molecule has 0 aliphatic rings. The molecule has 7 nitrogen and oxygen atoms in total. The summed E-state index contributed by atoms with van der Waals surface area (Å²) in [6, 6.07) is 20.6. The zero-order valence-electron chi connectivity index (χ0n) is 18.5. The summed E-state index contributed by atoms with van der Waals surface area (Å²) in [5.41, 5.74) is 1.94. The number of hydrogen-bond acceptors (Lipinski definition) is 5. The molecular weight excluding hydrogens is 428 g/mol. The molecule has 168 valence electrons. The summed E-state index contributed by atoms with van der Waals surface area (Å²) in [6.07, 6.45) is 0. The molecule has 0 saturated carbocycles. The van der Waals surface area contributed by atoms with Crippen LogP contribution in [0, 0.1) is 0 Å².